The number of carbonyl (C=O) groups is 1. The molecule has 2 aromatic carbocycles. The molecule has 1 saturated heterocycles. The number of amides is 1. The molecule has 0 aromatic heterocycles. The summed E-state index contributed by atoms with van der Waals surface area (Å²) in [6.07, 6.45) is 7.01. The summed E-state index contributed by atoms with van der Waals surface area (Å²) in [4.78, 5) is 17.3. The summed E-state index contributed by atoms with van der Waals surface area (Å²) in [5.41, 5.74) is 1.49. The monoisotopic (exact) mass is 472 g/mol. The van der Waals surface area contributed by atoms with Crippen molar-refractivity contribution in [1.29, 1.82) is 0 Å². The second-order valence-electron chi connectivity index (χ2n) is 5.71. The van der Waals surface area contributed by atoms with E-state index in [1.165, 1.54) is 18.9 Å². The Morgan fingerprint density at radius 3 is 2.66 bits per heavy atom. The third-order valence-electron chi connectivity index (χ3n) is 3.80. The number of thioether (sulfide) groups is 1. The number of amidine groups is 1. The minimum absolute atomic E-state index is 0.124. The first-order valence-corrected chi connectivity index (χ1v) is 10.0. The van der Waals surface area contributed by atoms with Crippen molar-refractivity contribution < 1.29 is 19.0 Å². The van der Waals surface area contributed by atoms with Gasteiger partial charge in [-0.3, -0.25) is 4.79 Å². The molecule has 29 heavy (non-hydrogen) atoms. The van der Waals surface area contributed by atoms with E-state index in [-0.39, 0.29) is 12.5 Å². The van der Waals surface area contributed by atoms with Crippen LogP contribution in [0, 0.1) is 12.3 Å². The zero-order chi connectivity index (χ0) is 20.8. The first kappa shape index (κ1) is 20.8. The van der Waals surface area contributed by atoms with Crippen LogP contribution in [0.4, 0.5) is 5.69 Å². The lowest BCUT2D eigenvalue weighted by Gasteiger charge is -2.12. The minimum atomic E-state index is -0.218. The lowest BCUT2D eigenvalue weighted by molar-refractivity contribution is -0.115. The highest BCUT2D eigenvalue weighted by Crippen LogP contribution is 2.38. The molecule has 1 fully saturated rings. The van der Waals surface area contributed by atoms with E-state index in [9.17, 15) is 4.79 Å². The molecule has 0 spiro atoms. The number of hydrogen-bond acceptors (Lipinski definition) is 6. The molecule has 1 heterocycles. The largest absolute Gasteiger partial charge is 0.497 e. The number of ether oxygens (including phenoxy) is 3. The average molecular weight is 473 g/mol. The topological polar surface area (TPSA) is 69.2 Å². The molecule has 0 aliphatic carbocycles. The Morgan fingerprint density at radius 2 is 2.00 bits per heavy atom. The molecule has 0 saturated carbocycles. The molecular formula is C21H17BrN2O4S. The summed E-state index contributed by atoms with van der Waals surface area (Å²) in [5, 5.41) is 3.27. The van der Waals surface area contributed by atoms with E-state index in [2.05, 4.69) is 32.2 Å². The molecule has 3 rings (SSSR count). The van der Waals surface area contributed by atoms with Crippen molar-refractivity contribution >= 4 is 50.5 Å². The fraction of sp³-hybridized carbons (Fsp3) is 0.143. The van der Waals surface area contributed by atoms with Crippen LogP contribution in [-0.4, -0.2) is 31.9 Å². The molecule has 2 aromatic rings. The molecule has 6 nitrogen and oxygen atoms in total. The number of terminal acetylenes is 1. The number of halogens is 1. The fourth-order valence-electron chi connectivity index (χ4n) is 2.48. The third kappa shape index (κ3) is 5.13. The highest BCUT2D eigenvalue weighted by molar-refractivity contribution is 9.10. The van der Waals surface area contributed by atoms with Crippen molar-refractivity contribution in [2.24, 2.45) is 4.99 Å². The van der Waals surface area contributed by atoms with Crippen molar-refractivity contribution in [3.05, 3.63) is 51.3 Å². The van der Waals surface area contributed by atoms with Crippen LogP contribution in [0.15, 0.2) is 50.8 Å². The van der Waals surface area contributed by atoms with Gasteiger partial charge in [0.1, 0.15) is 12.4 Å². The van der Waals surface area contributed by atoms with Crippen LogP contribution in [-0.2, 0) is 4.79 Å². The summed E-state index contributed by atoms with van der Waals surface area (Å²) in [7, 11) is 3.14. The number of nitrogens with zero attached hydrogens (tertiary/aromatic N) is 1. The number of nitrogens with one attached hydrogen (secondary N) is 1. The van der Waals surface area contributed by atoms with Gasteiger partial charge in [0.05, 0.1) is 29.3 Å². The van der Waals surface area contributed by atoms with Gasteiger partial charge in [-0.05, 0) is 75.7 Å². The molecule has 1 aliphatic heterocycles. The van der Waals surface area contributed by atoms with Crippen molar-refractivity contribution in [3.8, 4) is 29.6 Å². The Bertz CT molecular complexity index is 1030. The fourth-order valence-corrected chi connectivity index (χ4v) is 3.90. The standard InChI is InChI=1S/C21H17BrN2O4S/c1-4-9-28-19-16(22)10-13(11-17(19)27-3)12-18-20(25)24-21(29-18)23-14-5-7-15(26-2)8-6-14/h1,5-8,10-12H,9H2,2-3H3,(H,23,24,25)/b18-12+. The van der Waals surface area contributed by atoms with Crippen molar-refractivity contribution in [3.63, 3.8) is 0 Å². The van der Waals surface area contributed by atoms with Crippen molar-refractivity contribution in [1.82, 2.24) is 5.32 Å². The lowest BCUT2D eigenvalue weighted by Crippen LogP contribution is -2.19. The number of aliphatic imine (C=N–C) groups is 1. The third-order valence-corrected chi connectivity index (χ3v) is 5.30. The number of hydrogen-bond donors (Lipinski definition) is 1. The van der Waals surface area contributed by atoms with Crippen LogP contribution in [0.3, 0.4) is 0 Å². The Balaban J connectivity index is 1.83. The number of methoxy groups -OCH3 is 2. The van der Waals surface area contributed by atoms with Gasteiger partial charge in [-0.2, -0.15) is 0 Å². The Labute approximate surface area is 181 Å². The first-order valence-electron chi connectivity index (χ1n) is 8.41. The predicted molar refractivity (Wildman–Crippen MR) is 119 cm³/mol. The van der Waals surface area contributed by atoms with Crippen molar-refractivity contribution in [2.45, 2.75) is 0 Å². The molecule has 0 radical (unpaired) electrons. The quantitative estimate of drug-likeness (QED) is 0.499. The summed E-state index contributed by atoms with van der Waals surface area (Å²) in [5.74, 6) is 3.97. The highest BCUT2D eigenvalue weighted by Gasteiger charge is 2.24. The summed E-state index contributed by atoms with van der Waals surface area (Å²) >= 11 is 4.72. The van der Waals surface area contributed by atoms with E-state index in [1.54, 1.807) is 19.3 Å². The van der Waals surface area contributed by atoms with Crippen LogP contribution in [0.25, 0.3) is 6.08 Å². The van der Waals surface area contributed by atoms with Gasteiger partial charge in [0.2, 0.25) is 0 Å². The lowest BCUT2D eigenvalue weighted by atomic mass is 10.2. The zero-order valence-corrected chi connectivity index (χ0v) is 18.1. The molecule has 0 bridgehead atoms. The smallest absolute Gasteiger partial charge is 0.264 e. The van der Waals surface area contributed by atoms with Crippen LogP contribution >= 0.6 is 27.7 Å². The zero-order valence-electron chi connectivity index (χ0n) is 15.7. The van der Waals surface area contributed by atoms with Gasteiger partial charge in [0.15, 0.2) is 16.7 Å². The predicted octanol–water partition coefficient (Wildman–Crippen LogP) is 4.37. The van der Waals surface area contributed by atoms with Gasteiger partial charge < -0.3 is 19.5 Å². The summed E-state index contributed by atoms with van der Waals surface area (Å²) in [6.45, 7) is 0.124. The first-order chi connectivity index (χ1) is 14.0. The number of benzene rings is 2. The maximum atomic E-state index is 12.3. The summed E-state index contributed by atoms with van der Waals surface area (Å²) in [6, 6.07) is 10.9. The molecule has 1 aliphatic rings. The van der Waals surface area contributed by atoms with Gasteiger partial charge in [-0.25, -0.2) is 4.99 Å². The molecular weight excluding hydrogens is 456 g/mol. The molecule has 0 unspecified atom stereocenters. The van der Waals surface area contributed by atoms with E-state index in [0.717, 1.165) is 11.3 Å². The van der Waals surface area contributed by atoms with Crippen LogP contribution in [0.5, 0.6) is 17.2 Å². The van der Waals surface area contributed by atoms with Crippen LogP contribution in [0.1, 0.15) is 5.56 Å². The normalized spacial score (nSPS) is 15.9. The second kappa shape index (κ2) is 9.54. The van der Waals surface area contributed by atoms with E-state index in [4.69, 9.17) is 20.6 Å². The van der Waals surface area contributed by atoms with E-state index in [1.807, 2.05) is 30.3 Å². The Hall–Kier alpha value is -2.89. The summed E-state index contributed by atoms with van der Waals surface area (Å²) < 4.78 is 16.7. The van der Waals surface area contributed by atoms with Gasteiger partial charge >= 0.3 is 0 Å². The van der Waals surface area contributed by atoms with Crippen LogP contribution < -0.4 is 19.5 Å². The number of rotatable bonds is 6. The SMILES string of the molecule is C#CCOc1c(Br)cc(/C=C2/SC(=Nc3ccc(OC)cc3)NC2=O)cc1OC. The minimum Gasteiger partial charge on any atom is -0.497 e. The second-order valence-corrected chi connectivity index (χ2v) is 7.59. The van der Waals surface area contributed by atoms with E-state index < -0.39 is 0 Å². The molecule has 148 valence electrons. The van der Waals surface area contributed by atoms with Gasteiger partial charge in [-0.15, -0.1) is 6.42 Å². The maximum absolute atomic E-state index is 12.3. The maximum Gasteiger partial charge on any atom is 0.264 e. The van der Waals surface area contributed by atoms with Crippen molar-refractivity contribution in [2.75, 3.05) is 20.8 Å². The van der Waals surface area contributed by atoms with Gasteiger partial charge in [-0.1, -0.05) is 5.92 Å². The molecule has 1 amide bonds. The van der Waals surface area contributed by atoms with Gasteiger partial charge in [0, 0.05) is 0 Å². The van der Waals surface area contributed by atoms with E-state index >= 15 is 0 Å². The average Bonchev–Trinajstić information content (AvgIpc) is 3.06. The molecule has 0 atom stereocenters. The van der Waals surface area contributed by atoms with Crippen LogP contribution in [0.2, 0.25) is 0 Å². The number of carbonyl (C=O) groups excluding carboxylic acids is 1. The Morgan fingerprint density at radius 1 is 1.24 bits per heavy atom. The Kier molecular flexibility index (Phi) is 6.86. The molecule has 1 N–H and O–H groups in total. The van der Waals surface area contributed by atoms with Gasteiger partial charge in [0.25, 0.3) is 5.91 Å². The highest BCUT2D eigenvalue weighted by atomic mass is 79.9. The van der Waals surface area contributed by atoms with E-state index in [0.29, 0.717) is 31.7 Å². The molecule has 8 heteroatoms.